The van der Waals surface area contributed by atoms with Crippen LogP contribution in [-0.2, 0) is 14.3 Å². The van der Waals surface area contributed by atoms with Crippen LogP contribution in [0.1, 0.15) is 19.3 Å². The average Bonchev–Trinajstić information content (AvgIpc) is 2.48. The fraction of sp³-hybridized carbons (Fsp3) is 0.429. The fourth-order valence-electron chi connectivity index (χ4n) is 1.45. The van der Waals surface area contributed by atoms with Crippen molar-refractivity contribution in [1.29, 1.82) is 0 Å². The molecule has 0 aromatic heterocycles. The summed E-state index contributed by atoms with van der Waals surface area (Å²) in [4.78, 5) is 22.6. The second-order valence-corrected chi connectivity index (χ2v) is 5.15. The second kappa shape index (κ2) is 8.41. The third kappa shape index (κ3) is 6.45. The molecule has 25 heavy (non-hydrogen) atoms. The van der Waals surface area contributed by atoms with Crippen LogP contribution in [-0.4, -0.2) is 30.6 Å². The number of ether oxygens (including phenoxy) is 2. The molecule has 0 saturated carbocycles. The molecule has 11 heteroatoms. The van der Waals surface area contributed by atoms with E-state index in [4.69, 9.17) is 11.6 Å². The Balaban J connectivity index is 2.37. The van der Waals surface area contributed by atoms with Crippen LogP contribution in [0.25, 0.3) is 0 Å². The Morgan fingerprint density at radius 2 is 1.64 bits per heavy atom. The molecular weight excluding hydrogens is 382 g/mol. The molecule has 0 aliphatic rings. The summed E-state index contributed by atoms with van der Waals surface area (Å²) in [6, 6.07) is 3.54. The summed E-state index contributed by atoms with van der Waals surface area (Å²) >= 11 is 5.62. The number of carbonyl (C=O) groups is 2. The molecule has 0 unspecified atom stereocenters. The third-order valence-electron chi connectivity index (χ3n) is 2.73. The van der Waals surface area contributed by atoms with Crippen molar-refractivity contribution in [3.8, 4) is 5.75 Å². The van der Waals surface area contributed by atoms with Crippen molar-refractivity contribution in [2.24, 2.45) is 0 Å². The van der Waals surface area contributed by atoms with Crippen molar-refractivity contribution in [2.75, 3.05) is 6.61 Å². The lowest BCUT2D eigenvalue weighted by Crippen LogP contribution is -2.41. The number of esters is 2. The monoisotopic (exact) mass is 392 g/mol. The van der Waals surface area contributed by atoms with Crippen LogP contribution in [0.15, 0.2) is 18.2 Å². The summed E-state index contributed by atoms with van der Waals surface area (Å²) in [5, 5.41) is -0.165. The molecule has 0 saturated heterocycles. The fourth-order valence-corrected chi connectivity index (χ4v) is 1.65. The van der Waals surface area contributed by atoms with E-state index in [1.165, 1.54) is 12.1 Å². The number of rotatable bonds is 7. The van der Waals surface area contributed by atoms with Crippen molar-refractivity contribution in [2.45, 2.75) is 31.4 Å². The summed E-state index contributed by atoms with van der Waals surface area (Å²) < 4.78 is 82.5. The van der Waals surface area contributed by atoms with Gasteiger partial charge in [0.1, 0.15) is 0 Å². The molecule has 0 aliphatic carbocycles. The number of para-hydroxylation sites is 1. The van der Waals surface area contributed by atoms with E-state index in [9.17, 15) is 35.9 Å². The van der Waals surface area contributed by atoms with Gasteiger partial charge in [-0.25, -0.2) is 4.39 Å². The Morgan fingerprint density at radius 1 is 1.04 bits per heavy atom. The standard InChI is InChI=1S/C14H11ClF6O4/c15-8-3-1-4-9(16)12(8)25-11(23)6-2-5-10(22)24-7-13(17,18)14(19,20)21/h1,3-4H,2,5-7H2. The Kier molecular flexibility index (Phi) is 7.09. The van der Waals surface area contributed by atoms with Crippen LogP contribution in [0.3, 0.4) is 0 Å². The highest BCUT2D eigenvalue weighted by Gasteiger charge is 2.58. The molecule has 0 radical (unpaired) electrons. The number of benzene rings is 1. The molecule has 1 aromatic carbocycles. The van der Waals surface area contributed by atoms with E-state index in [0.717, 1.165) is 6.07 Å². The van der Waals surface area contributed by atoms with E-state index in [-0.39, 0.29) is 11.4 Å². The van der Waals surface area contributed by atoms with Crippen LogP contribution in [0, 0.1) is 5.82 Å². The van der Waals surface area contributed by atoms with Gasteiger partial charge in [0.25, 0.3) is 0 Å². The van der Waals surface area contributed by atoms with Gasteiger partial charge in [-0.2, -0.15) is 22.0 Å². The lowest BCUT2D eigenvalue weighted by atomic mass is 10.2. The minimum atomic E-state index is -5.84. The van der Waals surface area contributed by atoms with Gasteiger partial charge in [-0.3, -0.25) is 9.59 Å². The highest BCUT2D eigenvalue weighted by molar-refractivity contribution is 6.32. The SMILES string of the molecule is O=C(CCCC(=O)Oc1c(F)cccc1Cl)OCC(F)(F)C(F)(F)F. The first-order valence-corrected chi connectivity index (χ1v) is 7.06. The summed E-state index contributed by atoms with van der Waals surface area (Å²) in [5.41, 5.74) is 0. The molecule has 1 aromatic rings. The van der Waals surface area contributed by atoms with Gasteiger partial charge in [0.15, 0.2) is 18.2 Å². The number of carbonyl (C=O) groups excluding carboxylic acids is 2. The highest BCUT2D eigenvalue weighted by atomic mass is 35.5. The van der Waals surface area contributed by atoms with E-state index in [1.54, 1.807) is 0 Å². The number of halogens is 7. The summed E-state index contributed by atoms with van der Waals surface area (Å²) in [7, 11) is 0. The third-order valence-corrected chi connectivity index (χ3v) is 3.02. The van der Waals surface area contributed by atoms with Gasteiger partial charge in [-0.15, -0.1) is 0 Å². The molecule has 0 amide bonds. The first kappa shape index (κ1) is 21.1. The molecule has 0 N–H and O–H groups in total. The van der Waals surface area contributed by atoms with Crippen LogP contribution in [0.4, 0.5) is 26.3 Å². The molecule has 0 fully saturated rings. The number of hydrogen-bond donors (Lipinski definition) is 0. The molecule has 0 aliphatic heterocycles. The van der Waals surface area contributed by atoms with Crippen LogP contribution in [0.5, 0.6) is 5.75 Å². The van der Waals surface area contributed by atoms with Crippen LogP contribution in [0.2, 0.25) is 5.02 Å². The lowest BCUT2D eigenvalue weighted by Gasteiger charge is -2.19. The van der Waals surface area contributed by atoms with Crippen molar-refractivity contribution in [3.05, 3.63) is 29.0 Å². The van der Waals surface area contributed by atoms with E-state index >= 15 is 0 Å². The van der Waals surface area contributed by atoms with Gasteiger partial charge in [0.05, 0.1) is 5.02 Å². The molecule has 4 nitrogen and oxygen atoms in total. The van der Waals surface area contributed by atoms with Crippen molar-refractivity contribution in [1.82, 2.24) is 0 Å². The zero-order chi connectivity index (χ0) is 19.3. The zero-order valence-corrected chi connectivity index (χ0v) is 13.1. The predicted molar refractivity (Wildman–Crippen MR) is 72.9 cm³/mol. The maximum atomic E-state index is 13.4. The summed E-state index contributed by atoms with van der Waals surface area (Å²) in [5.74, 6) is -8.89. The van der Waals surface area contributed by atoms with Crippen molar-refractivity contribution >= 4 is 23.5 Å². The van der Waals surface area contributed by atoms with Crippen LogP contribution >= 0.6 is 11.6 Å². The Labute approximate surface area is 142 Å². The lowest BCUT2D eigenvalue weighted by molar-refractivity contribution is -0.294. The Morgan fingerprint density at radius 3 is 2.20 bits per heavy atom. The smallest absolute Gasteiger partial charge is 0.456 e. The van der Waals surface area contributed by atoms with Gasteiger partial charge >= 0.3 is 24.0 Å². The molecule has 0 spiro atoms. The van der Waals surface area contributed by atoms with Crippen molar-refractivity contribution < 1.29 is 45.4 Å². The summed E-state index contributed by atoms with van der Waals surface area (Å²) in [6.45, 7) is -2.15. The molecule has 1 rings (SSSR count). The summed E-state index contributed by atoms with van der Waals surface area (Å²) in [6.07, 6.45) is -7.14. The maximum absolute atomic E-state index is 13.4. The van der Waals surface area contributed by atoms with E-state index in [2.05, 4.69) is 9.47 Å². The zero-order valence-electron chi connectivity index (χ0n) is 12.3. The van der Waals surface area contributed by atoms with Gasteiger partial charge in [-0.05, 0) is 18.6 Å². The molecule has 0 atom stereocenters. The molecule has 0 heterocycles. The first-order valence-electron chi connectivity index (χ1n) is 6.69. The molecule has 140 valence electrons. The minimum Gasteiger partial charge on any atom is -0.459 e. The minimum absolute atomic E-state index is 0.165. The van der Waals surface area contributed by atoms with Gasteiger partial charge in [0.2, 0.25) is 0 Å². The van der Waals surface area contributed by atoms with Gasteiger partial charge < -0.3 is 9.47 Å². The average molecular weight is 393 g/mol. The van der Waals surface area contributed by atoms with E-state index < -0.39 is 55.1 Å². The predicted octanol–water partition coefficient (Wildman–Crippen LogP) is 4.30. The Hall–Kier alpha value is -1.97. The maximum Gasteiger partial charge on any atom is 0.456 e. The van der Waals surface area contributed by atoms with E-state index in [1.807, 2.05) is 0 Å². The topological polar surface area (TPSA) is 52.6 Å². The van der Waals surface area contributed by atoms with Crippen LogP contribution < -0.4 is 4.74 Å². The largest absolute Gasteiger partial charge is 0.459 e. The second-order valence-electron chi connectivity index (χ2n) is 4.74. The van der Waals surface area contributed by atoms with E-state index in [0.29, 0.717) is 0 Å². The van der Waals surface area contributed by atoms with Crippen molar-refractivity contribution in [3.63, 3.8) is 0 Å². The highest BCUT2D eigenvalue weighted by Crippen LogP contribution is 2.35. The number of hydrogen-bond acceptors (Lipinski definition) is 4. The normalized spacial score (nSPS) is 12.0. The number of alkyl halides is 5. The van der Waals surface area contributed by atoms with Gasteiger partial charge in [0, 0.05) is 12.8 Å². The molecular formula is C14H11ClF6O4. The molecule has 0 bridgehead atoms. The quantitative estimate of drug-likeness (QED) is 0.394. The van der Waals surface area contributed by atoms with Gasteiger partial charge in [-0.1, -0.05) is 17.7 Å². The Bertz CT molecular complexity index is 612. The first-order chi connectivity index (χ1) is 11.4.